The third-order valence-corrected chi connectivity index (χ3v) is 20.2. The molecule has 1 amide bonds. The number of methoxy groups -OCH3 is 3. The number of ketones is 3. The Kier molecular flexibility index (Phi) is 25.7. The molecule has 15 atom stereocenters. The number of carbonyl (C=O) groups is 7. The zero-order chi connectivity index (χ0) is 62.4. The molecule has 3 fully saturated rings. The second-order valence-electron chi connectivity index (χ2n) is 24.5. The van der Waals surface area contributed by atoms with Crippen molar-refractivity contribution in [3.63, 3.8) is 0 Å². The minimum atomic E-state index is -2.47. The number of ether oxygens (including phenoxy) is 7. The van der Waals surface area contributed by atoms with Gasteiger partial charge in [0.25, 0.3) is 11.7 Å². The molecule has 1 aliphatic carbocycles. The van der Waals surface area contributed by atoms with Gasteiger partial charge in [0.2, 0.25) is 29.9 Å². The first-order valence-corrected chi connectivity index (χ1v) is 32.1. The third-order valence-electron chi connectivity index (χ3n) is 18.2. The molecule has 2 aromatic rings. The van der Waals surface area contributed by atoms with E-state index < -0.39 is 102 Å². The fourth-order valence-corrected chi connectivity index (χ4v) is 14.0. The van der Waals surface area contributed by atoms with Gasteiger partial charge in [0.1, 0.15) is 24.0 Å². The van der Waals surface area contributed by atoms with Gasteiger partial charge in [0, 0.05) is 72.3 Å². The minimum absolute atomic E-state index is 0.0118. The molecule has 1 saturated carbocycles. The normalized spacial score (nSPS) is 33.6. The zero-order valence-electron chi connectivity index (χ0n) is 52.6. The van der Waals surface area contributed by atoms with Crippen LogP contribution in [-0.2, 0) is 79.8 Å². The van der Waals surface area contributed by atoms with Gasteiger partial charge in [0.05, 0.1) is 28.1 Å². The summed E-state index contributed by atoms with van der Waals surface area (Å²) in [4.78, 5) is 104. The Hall–Kier alpha value is -5.09. The van der Waals surface area contributed by atoms with Crippen LogP contribution in [0.2, 0.25) is 0 Å². The average Bonchev–Trinajstić information content (AvgIpc) is 3.98. The highest BCUT2D eigenvalue weighted by Crippen LogP contribution is 2.38. The number of aliphatic hydroxyl groups is 1. The number of cyclic esters (lactones) is 1. The number of aromatic nitrogens is 2. The number of thiazole rings is 2. The van der Waals surface area contributed by atoms with Crippen molar-refractivity contribution in [1.82, 2.24) is 4.90 Å². The number of esters is 3. The summed E-state index contributed by atoms with van der Waals surface area (Å²) in [5.41, 5.74) is 6.92. The smallest absolute Gasteiger partial charge is 0.373 e. The van der Waals surface area contributed by atoms with Crippen LogP contribution in [0.15, 0.2) is 58.6 Å². The van der Waals surface area contributed by atoms with Gasteiger partial charge in [-0.1, -0.05) is 93.7 Å². The molecule has 4 aliphatic rings. The van der Waals surface area contributed by atoms with Crippen molar-refractivity contribution in [2.75, 3.05) is 27.9 Å². The van der Waals surface area contributed by atoms with Crippen molar-refractivity contribution in [2.45, 2.75) is 221 Å². The molecule has 20 heteroatoms. The first kappa shape index (κ1) is 69.0. The van der Waals surface area contributed by atoms with E-state index in [4.69, 9.17) is 33.2 Å². The highest BCUT2D eigenvalue weighted by atomic mass is 32.1. The zero-order valence-corrected chi connectivity index (χ0v) is 54.3. The van der Waals surface area contributed by atoms with Crippen molar-refractivity contribution < 1.29 is 81.0 Å². The number of aryl methyl sites for hydroxylation is 2. The van der Waals surface area contributed by atoms with Crippen LogP contribution in [0.3, 0.4) is 0 Å². The first-order valence-electron chi connectivity index (χ1n) is 30.4. The number of fused-ring (bicyclic) bond motifs is 3. The van der Waals surface area contributed by atoms with Crippen molar-refractivity contribution in [3.8, 4) is 0 Å². The number of nitrogens with zero attached hydrogens (tertiary/aromatic N) is 3. The summed E-state index contributed by atoms with van der Waals surface area (Å²) in [7, 11) is 4.57. The lowest BCUT2D eigenvalue weighted by molar-refractivity contribution is -0.687. The maximum absolute atomic E-state index is 14.8. The lowest BCUT2D eigenvalue weighted by Crippen LogP contribution is -2.61. The van der Waals surface area contributed by atoms with E-state index in [1.807, 2.05) is 101 Å². The number of allylic oxidation sites excluding steroid dienone is 6. The van der Waals surface area contributed by atoms with E-state index in [-0.39, 0.29) is 68.3 Å². The fourth-order valence-electron chi connectivity index (χ4n) is 12.4. The van der Waals surface area contributed by atoms with E-state index in [2.05, 4.69) is 0 Å². The Morgan fingerprint density at radius 3 is 2.02 bits per heavy atom. The van der Waals surface area contributed by atoms with Crippen LogP contribution in [0.25, 0.3) is 0 Å². The monoisotopic (exact) mass is 1220 g/mol. The highest BCUT2D eigenvalue weighted by Gasteiger charge is 2.53. The largest absolute Gasteiger partial charge is 0.460 e. The fraction of sp³-hybridized carbons (Fsp3) is 0.677. The molecule has 0 aromatic carbocycles. The maximum atomic E-state index is 14.8. The average molecular weight is 1220 g/mol. The van der Waals surface area contributed by atoms with Crippen molar-refractivity contribution in [3.05, 3.63) is 79.8 Å². The van der Waals surface area contributed by atoms with Crippen LogP contribution < -0.4 is 9.13 Å². The van der Waals surface area contributed by atoms with Crippen molar-refractivity contribution in [1.29, 1.82) is 0 Å². The van der Waals surface area contributed by atoms with Crippen LogP contribution in [0.5, 0.6) is 0 Å². The molecule has 6 rings (SSSR count). The van der Waals surface area contributed by atoms with Crippen molar-refractivity contribution >= 4 is 63.8 Å². The van der Waals surface area contributed by atoms with E-state index >= 15 is 0 Å². The van der Waals surface area contributed by atoms with E-state index in [0.717, 1.165) is 26.7 Å². The minimum Gasteiger partial charge on any atom is -0.460 e. The quantitative estimate of drug-likeness (QED) is 0.0692. The van der Waals surface area contributed by atoms with Crippen molar-refractivity contribution in [2.24, 2.45) is 35.5 Å². The molecule has 0 unspecified atom stereocenters. The summed E-state index contributed by atoms with van der Waals surface area (Å²) < 4.78 is 46.4. The molecular weight excluding hydrogens is 1130 g/mol. The lowest BCUT2D eigenvalue weighted by Gasteiger charge is -2.42. The summed E-state index contributed by atoms with van der Waals surface area (Å²) >= 11 is 3.06. The molecule has 18 nitrogen and oxygen atoms in total. The van der Waals surface area contributed by atoms with Gasteiger partial charge in [-0.3, -0.25) is 19.2 Å². The Balaban J connectivity index is 1.33. The Morgan fingerprint density at radius 2 is 1.41 bits per heavy atom. The second kappa shape index (κ2) is 31.7. The number of hydrogen-bond donors (Lipinski definition) is 1. The van der Waals surface area contributed by atoms with Gasteiger partial charge in [0.15, 0.2) is 29.4 Å². The number of Topliss-reactive ketones (excluding diaryl/α,β-unsaturated/α-hetero) is 3. The van der Waals surface area contributed by atoms with Crippen LogP contribution in [-0.4, -0.2) is 134 Å². The molecule has 470 valence electrons. The summed E-state index contributed by atoms with van der Waals surface area (Å²) in [6, 6.07) is -1.20. The topological polar surface area (TPSA) is 215 Å². The summed E-state index contributed by atoms with van der Waals surface area (Å²) in [6.07, 6.45) is 10.6. The SMILES string of the molecule is CO[C@@H]1C[C@@H]2CC[C@@H](C)[C@@](O)(O2)C(=O)C(=O)N2CCCC[C@H]2C(=O)O[C@H]([C@H](C)C[C@@H]2CC[C@@H](OC(=O)C[n+]3csc(C)c3C)[C@H](OC)C2)CC(=O)[C@H](C)/C=C(\C)[C@@H](OC(=O)C[n+]2csc(C)c2C)[C@@H](OC)C(=O)[C@H](C)C[C@H](C)/C=C/C=C/C=C/1C. The molecule has 2 bridgehead atoms. The highest BCUT2D eigenvalue weighted by molar-refractivity contribution is 7.09. The van der Waals surface area contributed by atoms with E-state index in [0.29, 0.717) is 63.4 Å². The van der Waals surface area contributed by atoms with Crippen LogP contribution in [0, 0.1) is 63.2 Å². The van der Waals surface area contributed by atoms with Crippen LogP contribution in [0.4, 0.5) is 0 Å². The molecule has 0 radical (unpaired) electrons. The molecule has 2 aromatic heterocycles. The molecule has 3 aliphatic heterocycles. The molecule has 1 N–H and O–H groups in total. The number of carbonyl (C=O) groups excluding carboxylic acids is 7. The predicted molar refractivity (Wildman–Crippen MR) is 321 cm³/mol. The van der Waals surface area contributed by atoms with Crippen LogP contribution >= 0.6 is 22.7 Å². The van der Waals surface area contributed by atoms with E-state index in [9.17, 15) is 38.7 Å². The standard InChI is InChI=1S/C65H95N3O15S2/c1-38-20-16-15-17-21-39(2)54(77-12)32-50-25-23-44(7)65(76,83-50)62(73)63(74)68-27-19-18-22-51(68)64(75)81-55(41(4)30-49-24-26-53(56(31-49)78-13)80-57(70)34-66-36-84-47(10)45(66)8)33-52(69)40(3)29-43(6)60(61(79-14)59(72)42(5)28-38)82-58(71)35-67-37-85-48(11)46(67)9/h15-17,20-21,29,36-38,40-42,44,49-51,53-56,60-61,76H,18-19,22-28,30-35H2,1-14H3/q+2/b17-15+,20-16+,39-21+,43-29+/t38-,40-,41-,42-,44-,49+,50+,51+,53-,54-,55+,56-,60-,61+,65-/m1/s1. The Bertz CT molecular complexity index is 2800. The van der Waals surface area contributed by atoms with Gasteiger partial charge in [-0.25, -0.2) is 14.4 Å². The second-order valence-corrected chi connectivity index (χ2v) is 26.6. The van der Waals surface area contributed by atoms with Gasteiger partial charge in [-0.2, -0.15) is 9.13 Å². The number of piperidine rings is 1. The third kappa shape index (κ3) is 18.0. The maximum Gasteiger partial charge on any atom is 0.373 e. The van der Waals surface area contributed by atoms with E-state index in [1.165, 1.54) is 23.3 Å². The molecule has 85 heavy (non-hydrogen) atoms. The summed E-state index contributed by atoms with van der Waals surface area (Å²) in [5.74, 6) is -9.61. The Morgan fingerprint density at radius 1 is 0.753 bits per heavy atom. The first-order chi connectivity index (χ1) is 40.3. The molecular formula is C65H95N3O15S2+2. The van der Waals surface area contributed by atoms with Crippen LogP contribution in [0.1, 0.15) is 147 Å². The predicted octanol–water partition coefficient (Wildman–Crippen LogP) is 8.61. The lowest BCUT2D eigenvalue weighted by atomic mass is 9.78. The van der Waals surface area contributed by atoms with E-state index in [1.54, 1.807) is 57.0 Å². The molecule has 0 spiro atoms. The Labute approximate surface area is 511 Å². The summed E-state index contributed by atoms with van der Waals surface area (Å²) in [6.45, 7) is 20.6. The molecule has 5 heterocycles. The molecule has 2 saturated heterocycles. The van der Waals surface area contributed by atoms with Gasteiger partial charge >= 0.3 is 17.9 Å². The number of rotatable bonds is 12. The van der Waals surface area contributed by atoms with Gasteiger partial charge < -0.3 is 43.2 Å². The number of amides is 1. The van der Waals surface area contributed by atoms with Gasteiger partial charge in [-0.15, -0.1) is 0 Å². The summed E-state index contributed by atoms with van der Waals surface area (Å²) in [5, 5.41) is 12.1. The van der Waals surface area contributed by atoms with Gasteiger partial charge in [-0.05, 0) is 121 Å². The number of hydrogen-bond acceptors (Lipinski definition) is 17.